The topological polar surface area (TPSA) is 81.8 Å². The van der Waals surface area contributed by atoms with E-state index in [1.54, 1.807) is 7.11 Å². The van der Waals surface area contributed by atoms with Crippen LogP contribution in [0.3, 0.4) is 0 Å². The van der Waals surface area contributed by atoms with Crippen LogP contribution in [0.5, 0.6) is 17.2 Å². The SMILES string of the molecule is COc1ccccc1OC(CNCC(COc1cccc2c1[nH]c1ccccc12)OC=O)Cc1ccccc1. The number of nitrogens with one attached hydrogen (secondary N) is 2. The van der Waals surface area contributed by atoms with Crippen LogP contribution in [0.2, 0.25) is 0 Å². The number of para-hydroxylation sites is 4. The summed E-state index contributed by atoms with van der Waals surface area (Å²) in [4.78, 5) is 14.7. The standard InChI is InChI=1S/C32H32N2O5/c1-36-29-15-7-8-16-30(29)39-24(18-23-10-3-2-4-11-23)19-33-20-25(38-22-35)21-37-31-17-9-13-27-26-12-5-6-14-28(26)34-32(27)31/h2-17,22,24-25,33-34H,18-21H2,1H3. The molecule has 0 spiro atoms. The molecular weight excluding hydrogens is 492 g/mol. The molecule has 0 saturated heterocycles. The van der Waals surface area contributed by atoms with E-state index in [-0.39, 0.29) is 12.7 Å². The number of aromatic amines is 1. The van der Waals surface area contributed by atoms with E-state index in [4.69, 9.17) is 18.9 Å². The lowest BCUT2D eigenvalue weighted by atomic mass is 10.1. The Kier molecular flexibility index (Phi) is 8.61. The second kappa shape index (κ2) is 12.8. The molecule has 0 aliphatic carbocycles. The lowest BCUT2D eigenvalue weighted by Crippen LogP contribution is -2.40. The van der Waals surface area contributed by atoms with Crippen molar-refractivity contribution >= 4 is 28.3 Å². The molecule has 0 amide bonds. The number of aromatic nitrogens is 1. The molecule has 4 aromatic carbocycles. The van der Waals surface area contributed by atoms with Crippen LogP contribution in [-0.2, 0) is 16.0 Å². The molecule has 200 valence electrons. The monoisotopic (exact) mass is 524 g/mol. The fourth-order valence-electron chi connectivity index (χ4n) is 4.71. The highest BCUT2D eigenvalue weighted by Crippen LogP contribution is 2.31. The van der Waals surface area contributed by atoms with Crippen molar-refractivity contribution in [2.45, 2.75) is 18.6 Å². The summed E-state index contributed by atoms with van der Waals surface area (Å²) in [7, 11) is 1.63. The molecule has 39 heavy (non-hydrogen) atoms. The predicted octanol–water partition coefficient (Wildman–Crippen LogP) is 5.53. The summed E-state index contributed by atoms with van der Waals surface area (Å²) in [5.74, 6) is 2.07. The highest BCUT2D eigenvalue weighted by atomic mass is 16.6. The quantitative estimate of drug-likeness (QED) is 0.186. The van der Waals surface area contributed by atoms with Gasteiger partial charge in [0.1, 0.15) is 24.6 Å². The van der Waals surface area contributed by atoms with Gasteiger partial charge in [-0.3, -0.25) is 4.79 Å². The van der Waals surface area contributed by atoms with Gasteiger partial charge in [0.25, 0.3) is 6.47 Å². The maximum absolute atomic E-state index is 11.3. The summed E-state index contributed by atoms with van der Waals surface area (Å²) in [6.45, 7) is 1.61. The number of methoxy groups -OCH3 is 1. The molecule has 2 unspecified atom stereocenters. The number of carbonyl (C=O) groups excluding carboxylic acids is 1. The highest BCUT2D eigenvalue weighted by molar-refractivity contribution is 6.09. The van der Waals surface area contributed by atoms with Crippen LogP contribution in [-0.4, -0.2) is 50.5 Å². The molecule has 0 aliphatic heterocycles. The fraction of sp³-hybridized carbons (Fsp3) is 0.219. The summed E-state index contributed by atoms with van der Waals surface area (Å²) >= 11 is 0. The van der Waals surface area contributed by atoms with Gasteiger partial charge in [0.15, 0.2) is 11.5 Å². The molecule has 7 nitrogen and oxygen atoms in total. The van der Waals surface area contributed by atoms with Crippen molar-refractivity contribution in [3.63, 3.8) is 0 Å². The zero-order valence-electron chi connectivity index (χ0n) is 21.8. The Bertz CT molecular complexity index is 1500. The zero-order chi connectivity index (χ0) is 26.9. The van der Waals surface area contributed by atoms with Gasteiger partial charge in [-0.25, -0.2) is 0 Å². The summed E-state index contributed by atoms with van der Waals surface area (Å²) < 4.78 is 23.3. The van der Waals surface area contributed by atoms with Crippen molar-refractivity contribution in [1.29, 1.82) is 0 Å². The van der Waals surface area contributed by atoms with Crippen molar-refractivity contribution < 1.29 is 23.7 Å². The minimum Gasteiger partial charge on any atom is -0.493 e. The van der Waals surface area contributed by atoms with Crippen LogP contribution in [0.4, 0.5) is 0 Å². The first-order valence-electron chi connectivity index (χ1n) is 13.0. The first-order valence-corrected chi connectivity index (χ1v) is 13.0. The number of fused-ring (bicyclic) bond motifs is 3. The van der Waals surface area contributed by atoms with E-state index in [0.717, 1.165) is 27.4 Å². The molecule has 0 bridgehead atoms. The Balaban J connectivity index is 1.24. The smallest absolute Gasteiger partial charge is 0.293 e. The molecule has 5 rings (SSSR count). The van der Waals surface area contributed by atoms with Crippen molar-refractivity contribution in [3.8, 4) is 17.2 Å². The molecule has 0 aliphatic rings. The van der Waals surface area contributed by atoms with Gasteiger partial charge in [0.05, 0.1) is 12.6 Å². The molecule has 1 aromatic heterocycles. The number of rotatable bonds is 14. The Labute approximate surface area is 227 Å². The summed E-state index contributed by atoms with van der Waals surface area (Å²) in [6, 6.07) is 31.9. The Morgan fingerprint density at radius 3 is 2.28 bits per heavy atom. The lowest BCUT2D eigenvalue weighted by Gasteiger charge is -2.23. The van der Waals surface area contributed by atoms with Crippen LogP contribution in [0.25, 0.3) is 21.8 Å². The lowest BCUT2D eigenvalue weighted by molar-refractivity contribution is -0.134. The molecule has 1 heterocycles. The average Bonchev–Trinajstić information content (AvgIpc) is 3.36. The summed E-state index contributed by atoms with van der Waals surface area (Å²) in [5, 5.41) is 5.63. The third kappa shape index (κ3) is 6.51. The average molecular weight is 525 g/mol. The van der Waals surface area contributed by atoms with Gasteiger partial charge in [-0.1, -0.05) is 72.8 Å². The molecule has 2 N–H and O–H groups in total. The zero-order valence-corrected chi connectivity index (χ0v) is 21.8. The molecule has 5 aromatic rings. The number of ether oxygens (including phenoxy) is 4. The van der Waals surface area contributed by atoms with E-state index < -0.39 is 6.10 Å². The third-order valence-corrected chi connectivity index (χ3v) is 6.59. The predicted molar refractivity (Wildman–Crippen MR) is 153 cm³/mol. The maximum atomic E-state index is 11.3. The van der Waals surface area contributed by atoms with Crippen LogP contribution in [0.1, 0.15) is 5.56 Å². The number of hydrogen-bond donors (Lipinski definition) is 2. The van der Waals surface area contributed by atoms with Crippen molar-refractivity contribution in [2.75, 3.05) is 26.8 Å². The Morgan fingerprint density at radius 2 is 1.46 bits per heavy atom. The molecule has 7 heteroatoms. The van der Waals surface area contributed by atoms with E-state index in [0.29, 0.717) is 43.2 Å². The van der Waals surface area contributed by atoms with Gasteiger partial charge in [0, 0.05) is 35.8 Å². The van der Waals surface area contributed by atoms with Crippen molar-refractivity contribution in [3.05, 3.63) is 103 Å². The molecular formula is C32H32N2O5. The van der Waals surface area contributed by atoms with Gasteiger partial charge in [-0.05, 0) is 29.8 Å². The number of H-pyrrole nitrogens is 1. The van der Waals surface area contributed by atoms with Gasteiger partial charge >= 0.3 is 0 Å². The van der Waals surface area contributed by atoms with E-state index in [2.05, 4.69) is 34.6 Å². The maximum Gasteiger partial charge on any atom is 0.293 e. The number of carbonyl (C=O) groups is 1. The second-order valence-electron chi connectivity index (χ2n) is 9.25. The van der Waals surface area contributed by atoms with Gasteiger partial charge < -0.3 is 29.2 Å². The van der Waals surface area contributed by atoms with Gasteiger partial charge in [0.2, 0.25) is 0 Å². The van der Waals surface area contributed by atoms with Crippen molar-refractivity contribution in [2.24, 2.45) is 0 Å². The van der Waals surface area contributed by atoms with E-state index in [9.17, 15) is 4.79 Å². The van der Waals surface area contributed by atoms with E-state index in [1.807, 2.05) is 72.8 Å². The number of hydrogen-bond acceptors (Lipinski definition) is 6. The molecule has 0 radical (unpaired) electrons. The largest absolute Gasteiger partial charge is 0.493 e. The highest BCUT2D eigenvalue weighted by Gasteiger charge is 2.17. The van der Waals surface area contributed by atoms with Gasteiger partial charge in [-0.15, -0.1) is 0 Å². The summed E-state index contributed by atoms with van der Waals surface area (Å²) in [5.41, 5.74) is 3.13. The fourth-order valence-corrected chi connectivity index (χ4v) is 4.71. The van der Waals surface area contributed by atoms with E-state index in [1.165, 1.54) is 0 Å². The minimum atomic E-state index is -0.481. The molecule has 0 fully saturated rings. The molecule has 2 atom stereocenters. The second-order valence-corrected chi connectivity index (χ2v) is 9.25. The van der Waals surface area contributed by atoms with Crippen molar-refractivity contribution in [1.82, 2.24) is 10.3 Å². The normalized spacial score (nSPS) is 12.6. The first kappa shape index (κ1) is 26.1. The van der Waals surface area contributed by atoms with Gasteiger partial charge in [-0.2, -0.15) is 0 Å². The van der Waals surface area contributed by atoms with Crippen LogP contribution >= 0.6 is 0 Å². The van der Waals surface area contributed by atoms with Crippen LogP contribution in [0.15, 0.2) is 97.1 Å². The third-order valence-electron chi connectivity index (χ3n) is 6.59. The summed E-state index contributed by atoms with van der Waals surface area (Å²) in [6.07, 6.45) is 0.0385. The van der Waals surface area contributed by atoms with Crippen LogP contribution < -0.4 is 19.5 Å². The molecule has 0 saturated carbocycles. The van der Waals surface area contributed by atoms with Crippen LogP contribution in [0, 0.1) is 0 Å². The number of benzene rings is 4. The minimum absolute atomic E-state index is 0.179. The van der Waals surface area contributed by atoms with E-state index >= 15 is 0 Å². The Hall–Kier alpha value is -4.49. The first-order chi connectivity index (χ1) is 19.2. The Morgan fingerprint density at radius 1 is 0.769 bits per heavy atom.